The van der Waals surface area contributed by atoms with Gasteiger partial charge in [-0.1, -0.05) is 29.8 Å². The molecule has 0 saturated heterocycles. The van der Waals surface area contributed by atoms with E-state index in [1.807, 2.05) is 6.07 Å². The summed E-state index contributed by atoms with van der Waals surface area (Å²) in [5.74, 6) is -0.234. The van der Waals surface area contributed by atoms with Crippen molar-refractivity contribution in [3.63, 3.8) is 0 Å². The molecule has 0 spiro atoms. The Hall–Kier alpha value is -2.53. The highest BCUT2D eigenvalue weighted by Gasteiger charge is 2.09. The van der Waals surface area contributed by atoms with Crippen LogP contribution in [0.5, 0.6) is 0 Å². The lowest BCUT2D eigenvalue weighted by atomic mass is 10.1. The number of halogens is 3. The summed E-state index contributed by atoms with van der Waals surface area (Å²) in [6.07, 6.45) is 1.06. The highest BCUT2D eigenvalue weighted by molar-refractivity contribution is 6.29. The SMILES string of the molecule is Fc1cccc(CNc2cccc(-c3cc(Cl)ncc3F)n2)c1. The van der Waals surface area contributed by atoms with E-state index in [2.05, 4.69) is 15.3 Å². The van der Waals surface area contributed by atoms with Crippen LogP contribution < -0.4 is 5.32 Å². The zero-order valence-corrected chi connectivity index (χ0v) is 12.7. The normalized spacial score (nSPS) is 10.6. The van der Waals surface area contributed by atoms with Crippen molar-refractivity contribution in [2.24, 2.45) is 0 Å². The first-order valence-electron chi connectivity index (χ1n) is 6.88. The number of rotatable bonds is 4. The number of benzene rings is 1. The second-order valence-electron chi connectivity index (χ2n) is 4.88. The lowest BCUT2D eigenvalue weighted by molar-refractivity contribution is 0.624. The van der Waals surface area contributed by atoms with Crippen molar-refractivity contribution in [2.45, 2.75) is 6.54 Å². The molecular formula is C17H12ClF2N3. The minimum atomic E-state index is -0.496. The van der Waals surface area contributed by atoms with E-state index in [1.54, 1.807) is 24.3 Å². The average Bonchev–Trinajstić information content (AvgIpc) is 2.55. The van der Waals surface area contributed by atoms with Crippen molar-refractivity contribution in [3.8, 4) is 11.3 Å². The average molecular weight is 332 g/mol. The molecular weight excluding hydrogens is 320 g/mol. The van der Waals surface area contributed by atoms with Crippen LogP contribution in [0.3, 0.4) is 0 Å². The molecule has 0 fully saturated rings. The fraction of sp³-hybridized carbons (Fsp3) is 0.0588. The van der Waals surface area contributed by atoms with Gasteiger partial charge in [0.05, 0.1) is 11.9 Å². The second-order valence-corrected chi connectivity index (χ2v) is 5.27. The Kier molecular flexibility index (Phi) is 4.48. The van der Waals surface area contributed by atoms with Crippen LogP contribution in [0.2, 0.25) is 5.15 Å². The van der Waals surface area contributed by atoms with Crippen molar-refractivity contribution in [1.29, 1.82) is 0 Å². The first kappa shape index (κ1) is 15.4. The Bertz CT molecular complexity index is 840. The van der Waals surface area contributed by atoms with E-state index in [9.17, 15) is 8.78 Å². The number of aromatic nitrogens is 2. The summed E-state index contributed by atoms with van der Waals surface area (Å²) in [4.78, 5) is 8.03. The Morgan fingerprint density at radius 1 is 1.04 bits per heavy atom. The third kappa shape index (κ3) is 3.81. The number of nitrogens with zero attached hydrogens (tertiary/aromatic N) is 2. The van der Waals surface area contributed by atoms with Gasteiger partial charge in [0.15, 0.2) is 5.82 Å². The Balaban J connectivity index is 1.81. The molecule has 0 atom stereocenters. The molecule has 3 nitrogen and oxygen atoms in total. The van der Waals surface area contributed by atoms with Crippen molar-refractivity contribution < 1.29 is 8.78 Å². The lowest BCUT2D eigenvalue weighted by Gasteiger charge is -2.08. The highest BCUT2D eigenvalue weighted by atomic mass is 35.5. The summed E-state index contributed by atoms with van der Waals surface area (Å²) in [6, 6.07) is 12.9. The van der Waals surface area contributed by atoms with Gasteiger partial charge in [-0.05, 0) is 35.9 Å². The van der Waals surface area contributed by atoms with Gasteiger partial charge in [-0.15, -0.1) is 0 Å². The molecule has 3 rings (SSSR count). The van der Waals surface area contributed by atoms with E-state index in [4.69, 9.17) is 11.6 Å². The Labute approximate surface area is 137 Å². The zero-order valence-electron chi connectivity index (χ0n) is 11.9. The van der Waals surface area contributed by atoms with Crippen LogP contribution in [0, 0.1) is 11.6 Å². The van der Waals surface area contributed by atoms with Crippen LogP contribution in [0.4, 0.5) is 14.6 Å². The first-order chi connectivity index (χ1) is 11.1. The fourth-order valence-corrected chi connectivity index (χ4v) is 2.29. The van der Waals surface area contributed by atoms with E-state index in [1.165, 1.54) is 18.2 Å². The van der Waals surface area contributed by atoms with Gasteiger partial charge in [-0.25, -0.2) is 18.7 Å². The number of hydrogen-bond acceptors (Lipinski definition) is 3. The molecule has 0 bridgehead atoms. The van der Waals surface area contributed by atoms with Gasteiger partial charge in [0.25, 0.3) is 0 Å². The largest absolute Gasteiger partial charge is 0.366 e. The van der Waals surface area contributed by atoms with Crippen LogP contribution >= 0.6 is 11.6 Å². The van der Waals surface area contributed by atoms with Gasteiger partial charge < -0.3 is 5.32 Å². The van der Waals surface area contributed by atoms with Gasteiger partial charge in [0, 0.05) is 12.1 Å². The molecule has 2 aromatic heterocycles. The van der Waals surface area contributed by atoms with Crippen LogP contribution in [0.1, 0.15) is 5.56 Å². The van der Waals surface area contributed by atoms with Crippen LogP contribution in [0.25, 0.3) is 11.3 Å². The Morgan fingerprint density at radius 3 is 2.70 bits per heavy atom. The van der Waals surface area contributed by atoms with E-state index >= 15 is 0 Å². The smallest absolute Gasteiger partial charge is 0.150 e. The maximum atomic E-state index is 13.9. The predicted octanol–water partition coefficient (Wildman–Crippen LogP) is 4.69. The third-order valence-electron chi connectivity index (χ3n) is 3.21. The van der Waals surface area contributed by atoms with Crippen molar-refractivity contribution in [3.05, 3.63) is 77.1 Å². The summed E-state index contributed by atoms with van der Waals surface area (Å²) in [5, 5.41) is 3.28. The first-order valence-corrected chi connectivity index (χ1v) is 7.26. The molecule has 0 aliphatic rings. The Morgan fingerprint density at radius 2 is 1.87 bits per heavy atom. The summed E-state index contributed by atoms with van der Waals surface area (Å²) in [6.45, 7) is 0.411. The zero-order chi connectivity index (χ0) is 16.2. The lowest BCUT2D eigenvalue weighted by Crippen LogP contribution is -2.02. The molecule has 0 aliphatic heterocycles. The molecule has 0 amide bonds. The summed E-state index contributed by atoms with van der Waals surface area (Å²) in [7, 11) is 0. The number of anilines is 1. The van der Waals surface area contributed by atoms with Crippen LogP contribution in [-0.4, -0.2) is 9.97 Å². The summed E-state index contributed by atoms with van der Waals surface area (Å²) < 4.78 is 27.0. The summed E-state index contributed by atoms with van der Waals surface area (Å²) >= 11 is 5.81. The van der Waals surface area contributed by atoms with E-state index < -0.39 is 5.82 Å². The number of pyridine rings is 2. The van der Waals surface area contributed by atoms with Gasteiger partial charge in [0.2, 0.25) is 0 Å². The third-order valence-corrected chi connectivity index (χ3v) is 3.42. The molecule has 0 saturated carbocycles. The molecule has 2 heterocycles. The van der Waals surface area contributed by atoms with Gasteiger partial charge >= 0.3 is 0 Å². The molecule has 23 heavy (non-hydrogen) atoms. The van der Waals surface area contributed by atoms with Crippen molar-refractivity contribution in [2.75, 3.05) is 5.32 Å². The maximum absolute atomic E-state index is 13.9. The number of hydrogen-bond donors (Lipinski definition) is 1. The standard InChI is InChI=1S/C17H12ClF2N3/c18-16-8-13(14(20)10-21-16)15-5-2-6-17(23-15)22-9-11-3-1-4-12(19)7-11/h1-8,10H,9H2,(H,22,23). The van der Waals surface area contributed by atoms with Gasteiger partial charge in [0.1, 0.15) is 16.8 Å². The molecule has 6 heteroatoms. The van der Waals surface area contributed by atoms with Gasteiger partial charge in [-0.2, -0.15) is 0 Å². The predicted molar refractivity (Wildman–Crippen MR) is 86.2 cm³/mol. The van der Waals surface area contributed by atoms with Crippen molar-refractivity contribution >= 4 is 17.4 Å². The summed E-state index contributed by atoms with van der Waals surface area (Å²) in [5.41, 5.74) is 1.51. The topological polar surface area (TPSA) is 37.8 Å². The molecule has 116 valence electrons. The van der Waals surface area contributed by atoms with Crippen molar-refractivity contribution in [1.82, 2.24) is 9.97 Å². The maximum Gasteiger partial charge on any atom is 0.150 e. The quantitative estimate of drug-likeness (QED) is 0.705. The van der Waals surface area contributed by atoms with E-state index in [-0.39, 0.29) is 16.5 Å². The van der Waals surface area contributed by atoms with Gasteiger partial charge in [-0.3, -0.25) is 0 Å². The monoisotopic (exact) mass is 331 g/mol. The van der Waals surface area contributed by atoms with E-state index in [0.29, 0.717) is 18.1 Å². The fourth-order valence-electron chi connectivity index (χ4n) is 2.13. The molecule has 0 radical (unpaired) electrons. The second kappa shape index (κ2) is 6.71. The molecule has 0 unspecified atom stereocenters. The number of nitrogens with one attached hydrogen (secondary N) is 1. The van der Waals surface area contributed by atoms with Crippen LogP contribution in [-0.2, 0) is 6.54 Å². The molecule has 0 aliphatic carbocycles. The molecule has 1 aromatic carbocycles. The molecule has 3 aromatic rings. The van der Waals surface area contributed by atoms with E-state index in [0.717, 1.165) is 11.8 Å². The highest BCUT2D eigenvalue weighted by Crippen LogP contribution is 2.24. The minimum Gasteiger partial charge on any atom is -0.366 e. The molecule has 1 N–H and O–H groups in total. The van der Waals surface area contributed by atoms with Crippen LogP contribution in [0.15, 0.2) is 54.7 Å². The minimum absolute atomic E-state index is 0.196.